The van der Waals surface area contributed by atoms with Crippen molar-refractivity contribution in [2.24, 2.45) is 5.73 Å². The van der Waals surface area contributed by atoms with Gasteiger partial charge in [0.2, 0.25) is 0 Å². The summed E-state index contributed by atoms with van der Waals surface area (Å²) in [5.74, 6) is 0. The first-order valence-corrected chi connectivity index (χ1v) is 5.42. The fourth-order valence-electron chi connectivity index (χ4n) is 1.10. The molecule has 0 fully saturated rings. The Morgan fingerprint density at radius 2 is 2.31 bits per heavy atom. The highest BCUT2D eigenvalue weighted by Gasteiger charge is 2.26. The monoisotopic (exact) mass is 221 g/mol. The Morgan fingerprint density at radius 3 is 2.69 bits per heavy atom. The molecule has 1 aromatic heterocycles. The molecule has 0 saturated heterocycles. The minimum absolute atomic E-state index is 0.0685. The van der Waals surface area contributed by atoms with Gasteiger partial charge in [0, 0.05) is 17.8 Å². The zero-order valence-corrected chi connectivity index (χ0v) is 9.09. The lowest BCUT2D eigenvalue weighted by Gasteiger charge is -2.20. The molecule has 1 unspecified atom stereocenters. The van der Waals surface area contributed by atoms with E-state index in [4.69, 9.17) is 17.3 Å². The second-order valence-electron chi connectivity index (χ2n) is 3.09. The van der Waals surface area contributed by atoms with Gasteiger partial charge in [0.05, 0.1) is 4.34 Å². The van der Waals surface area contributed by atoms with Gasteiger partial charge in [0.15, 0.2) is 0 Å². The van der Waals surface area contributed by atoms with E-state index in [1.54, 1.807) is 6.07 Å². The van der Waals surface area contributed by atoms with Crippen LogP contribution in [0.5, 0.6) is 0 Å². The summed E-state index contributed by atoms with van der Waals surface area (Å²) in [6.07, 6.45) is 0.816. The molecule has 0 aromatic carbocycles. The Bertz CT molecular complexity index is 270. The molecule has 0 bridgehead atoms. The maximum Gasteiger partial charge on any atom is 0.127 e. The van der Waals surface area contributed by atoms with Gasteiger partial charge in [-0.15, -0.1) is 11.3 Å². The maximum atomic E-state index is 13.8. The van der Waals surface area contributed by atoms with Crippen molar-refractivity contribution in [2.75, 3.05) is 6.54 Å². The molecule has 0 aliphatic carbocycles. The van der Waals surface area contributed by atoms with Gasteiger partial charge >= 0.3 is 0 Å². The zero-order valence-electron chi connectivity index (χ0n) is 7.52. The van der Waals surface area contributed by atoms with E-state index in [0.717, 1.165) is 4.88 Å². The topological polar surface area (TPSA) is 26.0 Å². The fourth-order valence-corrected chi connectivity index (χ4v) is 2.31. The molecule has 0 aliphatic heterocycles. The van der Waals surface area contributed by atoms with Crippen LogP contribution < -0.4 is 5.73 Å². The van der Waals surface area contributed by atoms with Crippen molar-refractivity contribution in [1.82, 2.24) is 0 Å². The number of thiophene rings is 1. The molecule has 1 nitrogen and oxygen atoms in total. The minimum Gasteiger partial charge on any atom is -0.328 e. The first-order chi connectivity index (χ1) is 6.09. The number of alkyl halides is 1. The van der Waals surface area contributed by atoms with Gasteiger partial charge in [-0.1, -0.05) is 18.5 Å². The van der Waals surface area contributed by atoms with Crippen LogP contribution in [0.4, 0.5) is 4.39 Å². The van der Waals surface area contributed by atoms with E-state index in [1.165, 1.54) is 11.3 Å². The highest BCUT2D eigenvalue weighted by molar-refractivity contribution is 7.16. The summed E-state index contributed by atoms with van der Waals surface area (Å²) in [5, 5.41) is 0. The number of hydrogen-bond acceptors (Lipinski definition) is 2. The smallest absolute Gasteiger partial charge is 0.127 e. The Kier molecular flexibility index (Phi) is 3.71. The van der Waals surface area contributed by atoms with E-state index in [9.17, 15) is 4.39 Å². The lowest BCUT2D eigenvalue weighted by atomic mass is 9.98. The summed E-state index contributed by atoms with van der Waals surface area (Å²) in [6.45, 7) is 1.88. The van der Waals surface area contributed by atoms with E-state index in [0.29, 0.717) is 17.2 Å². The van der Waals surface area contributed by atoms with Gasteiger partial charge in [-0.3, -0.25) is 0 Å². The summed E-state index contributed by atoms with van der Waals surface area (Å²) in [6, 6.07) is 3.64. The summed E-state index contributed by atoms with van der Waals surface area (Å²) < 4.78 is 14.5. The van der Waals surface area contributed by atoms with Crippen LogP contribution in [0.15, 0.2) is 12.1 Å². The number of hydrogen-bond donors (Lipinski definition) is 1. The van der Waals surface area contributed by atoms with Crippen LogP contribution in [-0.4, -0.2) is 12.2 Å². The van der Waals surface area contributed by atoms with Crippen molar-refractivity contribution in [3.63, 3.8) is 0 Å². The normalized spacial score (nSPS) is 15.7. The Hall–Kier alpha value is -0.120. The van der Waals surface area contributed by atoms with Crippen LogP contribution in [0.25, 0.3) is 0 Å². The van der Waals surface area contributed by atoms with Gasteiger partial charge < -0.3 is 5.73 Å². The molecule has 74 valence electrons. The third kappa shape index (κ3) is 2.93. The number of halogens is 2. The third-order valence-electron chi connectivity index (χ3n) is 2.12. The second-order valence-corrected chi connectivity index (χ2v) is 4.89. The van der Waals surface area contributed by atoms with E-state index in [2.05, 4.69) is 0 Å². The van der Waals surface area contributed by atoms with Crippen molar-refractivity contribution in [3.8, 4) is 0 Å². The largest absolute Gasteiger partial charge is 0.328 e. The first kappa shape index (κ1) is 11.0. The summed E-state index contributed by atoms with van der Waals surface area (Å²) in [5.41, 5.74) is 4.10. The standard InChI is InChI=1S/C9H13ClFNS/c1-2-9(11,6-12)5-7-3-4-8(10)13-7/h3-4H,2,5-6,12H2,1H3. The van der Waals surface area contributed by atoms with E-state index < -0.39 is 5.67 Å². The molecule has 1 heterocycles. The van der Waals surface area contributed by atoms with Crippen molar-refractivity contribution in [2.45, 2.75) is 25.4 Å². The van der Waals surface area contributed by atoms with E-state index in [1.807, 2.05) is 13.0 Å². The zero-order chi connectivity index (χ0) is 9.90. The molecule has 0 spiro atoms. The van der Waals surface area contributed by atoms with Crippen LogP contribution in [0.2, 0.25) is 4.34 Å². The molecule has 0 aliphatic rings. The van der Waals surface area contributed by atoms with Gasteiger partial charge in [-0.25, -0.2) is 4.39 Å². The lowest BCUT2D eigenvalue weighted by Crippen LogP contribution is -2.34. The molecule has 2 N–H and O–H groups in total. The maximum absolute atomic E-state index is 13.8. The summed E-state index contributed by atoms with van der Waals surface area (Å²) >= 11 is 7.16. The molecule has 0 saturated carbocycles. The van der Waals surface area contributed by atoms with Crippen molar-refractivity contribution >= 4 is 22.9 Å². The molecule has 1 atom stereocenters. The third-order valence-corrected chi connectivity index (χ3v) is 3.35. The molecular formula is C9H13ClFNS. The predicted molar refractivity (Wildman–Crippen MR) is 56.2 cm³/mol. The van der Waals surface area contributed by atoms with Crippen molar-refractivity contribution in [3.05, 3.63) is 21.3 Å². The molecule has 0 amide bonds. The van der Waals surface area contributed by atoms with Crippen LogP contribution in [0.1, 0.15) is 18.2 Å². The number of nitrogens with two attached hydrogens (primary N) is 1. The molecule has 1 rings (SSSR count). The summed E-state index contributed by atoms with van der Waals surface area (Å²) in [7, 11) is 0. The highest BCUT2D eigenvalue weighted by atomic mass is 35.5. The van der Waals surface area contributed by atoms with Gasteiger partial charge in [-0.2, -0.15) is 0 Å². The van der Waals surface area contributed by atoms with Gasteiger partial charge in [-0.05, 0) is 18.6 Å². The Morgan fingerprint density at radius 1 is 1.62 bits per heavy atom. The molecular weight excluding hydrogens is 209 g/mol. The van der Waals surface area contributed by atoms with Gasteiger partial charge in [0.1, 0.15) is 5.67 Å². The van der Waals surface area contributed by atoms with Crippen molar-refractivity contribution < 1.29 is 4.39 Å². The SMILES string of the molecule is CCC(F)(CN)Cc1ccc(Cl)s1. The lowest BCUT2D eigenvalue weighted by molar-refractivity contribution is 0.168. The Balaban J connectivity index is 2.67. The van der Waals surface area contributed by atoms with Crippen LogP contribution in [-0.2, 0) is 6.42 Å². The van der Waals surface area contributed by atoms with E-state index >= 15 is 0 Å². The average Bonchev–Trinajstić information content (AvgIpc) is 2.51. The molecule has 13 heavy (non-hydrogen) atoms. The Labute approximate surface area is 86.7 Å². The quantitative estimate of drug-likeness (QED) is 0.831. The number of rotatable bonds is 4. The highest BCUT2D eigenvalue weighted by Crippen LogP contribution is 2.28. The first-order valence-electron chi connectivity index (χ1n) is 4.23. The van der Waals surface area contributed by atoms with Crippen LogP contribution >= 0.6 is 22.9 Å². The summed E-state index contributed by atoms with van der Waals surface area (Å²) in [4.78, 5) is 0.958. The van der Waals surface area contributed by atoms with Crippen LogP contribution in [0.3, 0.4) is 0 Å². The second kappa shape index (κ2) is 4.40. The predicted octanol–water partition coefficient (Wildman–Crippen LogP) is 3.02. The van der Waals surface area contributed by atoms with Crippen molar-refractivity contribution in [1.29, 1.82) is 0 Å². The van der Waals surface area contributed by atoms with Crippen LogP contribution in [0, 0.1) is 0 Å². The van der Waals surface area contributed by atoms with Gasteiger partial charge in [0.25, 0.3) is 0 Å². The minimum atomic E-state index is -1.27. The molecule has 4 heteroatoms. The van der Waals surface area contributed by atoms with E-state index in [-0.39, 0.29) is 6.54 Å². The average molecular weight is 222 g/mol. The fraction of sp³-hybridized carbons (Fsp3) is 0.556. The molecule has 0 radical (unpaired) electrons. The molecule has 1 aromatic rings.